The third kappa shape index (κ3) is 3.02. The number of nitrogens with one attached hydrogen (secondary N) is 1. The lowest BCUT2D eigenvalue weighted by Gasteiger charge is -2.42. The van der Waals surface area contributed by atoms with Crippen molar-refractivity contribution in [3.05, 3.63) is 35.9 Å². The van der Waals surface area contributed by atoms with E-state index in [9.17, 15) is 13.2 Å². The molecule has 0 radical (unpaired) electrons. The molecule has 1 aromatic carbocycles. The van der Waals surface area contributed by atoms with Gasteiger partial charge in [-0.05, 0) is 18.4 Å². The van der Waals surface area contributed by atoms with E-state index in [-0.39, 0.29) is 18.2 Å². The monoisotopic (exact) mass is 324 g/mol. The van der Waals surface area contributed by atoms with Gasteiger partial charge in [-0.2, -0.15) is 4.31 Å². The van der Waals surface area contributed by atoms with Crippen LogP contribution in [0.1, 0.15) is 18.4 Å². The number of benzene rings is 1. The summed E-state index contributed by atoms with van der Waals surface area (Å²) in [5.41, 5.74) is 0.453. The predicted molar refractivity (Wildman–Crippen MR) is 81.7 cm³/mol. The summed E-state index contributed by atoms with van der Waals surface area (Å²) in [6.07, 6.45) is 1.47. The van der Waals surface area contributed by atoms with Crippen LogP contribution in [0.4, 0.5) is 0 Å². The molecule has 0 bridgehead atoms. The van der Waals surface area contributed by atoms with Crippen LogP contribution in [0.25, 0.3) is 0 Å². The number of carbonyl (C=O) groups is 1. The van der Waals surface area contributed by atoms with Crippen LogP contribution in [-0.2, 0) is 25.1 Å². The number of sulfonamides is 1. The van der Waals surface area contributed by atoms with Gasteiger partial charge in [0.2, 0.25) is 15.9 Å². The molecule has 1 amide bonds. The standard InChI is InChI=1S/C15H20N2O4S/c18-14(10-17-8-4-5-9-22(17,19)20)16-15(11-21-12-15)13-6-2-1-3-7-13/h1-3,6-7H,4-5,8-12H2,(H,16,18). The van der Waals surface area contributed by atoms with E-state index in [4.69, 9.17) is 4.74 Å². The van der Waals surface area contributed by atoms with Crippen molar-refractivity contribution in [2.24, 2.45) is 0 Å². The Labute approximate surface area is 130 Å². The first-order valence-corrected chi connectivity index (χ1v) is 9.05. The molecule has 2 aliphatic rings. The van der Waals surface area contributed by atoms with E-state index in [0.717, 1.165) is 12.0 Å². The second kappa shape index (κ2) is 5.98. The fourth-order valence-corrected chi connectivity index (χ4v) is 4.41. The fourth-order valence-electron chi connectivity index (χ4n) is 2.86. The molecular weight excluding hydrogens is 304 g/mol. The van der Waals surface area contributed by atoms with Gasteiger partial charge in [-0.3, -0.25) is 4.79 Å². The third-order valence-corrected chi connectivity index (χ3v) is 6.08. The molecule has 0 unspecified atom stereocenters. The number of carbonyl (C=O) groups excluding carboxylic acids is 1. The maximum atomic E-state index is 12.3. The van der Waals surface area contributed by atoms with Gasteiger partial charge in [0.05, 0.1) is 25.5 Å². The highest BCUT2D eigenvalue weighted by atomic mass is 32.2. The summed E-state index contributed by atoms with van der Waals surface area (Å²) >= 11 is 0. The highest BCUT2D eigenvalue weighted by Gasteiger charge is 2.42. The van der Waals surface area contributed by atoms with E-state index in [1.807, 2.05) is 30.3 Å². The molecule has 2 saturated heterocycles. The average Bonchev–Trinajstić information content (AvgIpc) is 2.46. The molecule has 22 heavy (non-hydrogen) atoms. The SMILES string of the molecule is O=C(CN1CCCCS1(=O)=O)NC1(c2ccccc2)COC1. The van der Waals surface area contributed by atoms with Gasteiger partial charge in [0, 0.05) is 6.54 Å². The first kappa shape index (κ1) is 15.5. The number of rotatable bonds is 4. The van der Waals surface area contributed by atoms with Crippen molar-refractivity contribution in [1.82, 2.24) is 9.62 Å². The van der Waals surface area contributed by atoms with E-state index < -0.39 is 15.6 Å². The Morgan fingerprint density at radius 3 is 2.55 bits per heavy atom. The Morgan fingerprint density at radius 1 is 1.23 bits per heavy atom. The van der Waals surface area contributed by atoms with Crippen molar-refractivity contribution in [1.29, 1.82) is 0 Å². The van der Waals surface area contributed by atoms with Gasteiger partial charge in [0.25, 0.3) is 0 Å². The molecule has 120 valence electrons. The van der Waals surface area contributed by atoms with E-state index in [1.54, 1.807) is 0 Å². The van der Waals surface area contributed by atoms with Crippen LogP contribution >= 0.6 is 0 Å². The fraction of sp³-hybridized carbons (Fsp3) is 0.533. The summed E-state index contributed by atoms with van der Waals surface area (Å²) < 4.78 is 30.5. The van der Waals surface area contributed by atoms with Crippen LogP contribution in [0.5, 0.6) is 0 Å². The zero-order valence-electron chi connectivity index (χ0n) is 12.3. The summed E-state index contributed by atoms with van der Waals surface area (Å²) in [4.78, 5) is 12.3. The van der Waals surface area contributed by atoms with Gasteiger partial charge in [-0.1, -0.05) is 30.3 Å². The largest absolute Gasteiger partial charge is 0.376 e. The molecule has 2 aliphatic heterocycles. The molecule has 0 aromatic heterocycles. The number of hydrogen-bond donors (Lipinski definition) is 1. The Morgan fingerprint density at radius 2 is 1.95 bits per heavy atom. The molecule has 0 atom stereocenters. The highest BCUT2D eigenvalue weighted by Crippen LogP contribution is 2.29. The normalized spacial score (nSPS) is 23.5. The first-order valence-electron chi connectivity index (χ1n) is 7.44. The smallest absolute Gasteiger partial charge is 0.236 e. The van der Waals surface area contributed by atoms with Crippen molar-refractivity contribution in [3.63, 3.8) is 0 Å². The highest BCUT2D eigenvalue weighted by molar-refractivity contribution is 7.89. The van der Waals surface area contributed by atoms with Gasteiger partial charge in [0.15, 0.2) is 0 Å². The molecule has 6 nitrogen and oxygen atoms in total. The minimum atomic E-state index is -3.29. The van der Waals surface area contributed by atoms with Gasteiger partial charge >= 0.3 is 0 Å². The molecule has 1 aromatic rings. The lowest BCUT2D eigenvalue weighted by atomic mass is 9.88. The van der Waals surface area contributed by atoms with Crippen molar-refractivity contribution in [2.45, 2.75) is 18.4 Å². The third-order valence-electron chi connectivity index (χ3n) is 4.18. The van der Waals surface area contributed by atoms with Crippen molar-refractivity contribution in [2.75, 3.05) is 32.1 Å². The van der Waals surface area contributed by atoms with E-state index >= 15 is 0 Å². The minimum Gasteiger partial charge on any atom is -0.376 e. The second-order valence-corrected chi connectivity index (χ2v) is 7.93. The topological polar surface area (TPSA) is 75.7 Å². The summed E-state index contributed by atoms with van der Waals surface area (Å²) in [6, 6.07) is 9.63. The summed E-state index contributed by atoms with van der Waals surface area (Å²) in [5.74, 6) is -0.148. The molecule has 0 saturated carbocycles. The van der Waals surface area contributed by atoms with Crippen LogP contribution in [0.15, 0.2) is 30.3 Å². The predicted octanol–water partition coefficient (Wildman–Crippen LogP) is 0.454. The average molecular weight is 324 g/mol. The molecule has 2 heterocycles. The lowest BCUT2D eigenvalue weighted by Crippen LogP contribution is -2.61. The zero-order chi connectivity index (χ0) is 15.6. The van der Waals surface area contributed by atoms with Crippen LogP contribution in [0.2, 0.25) is 0 Å². The Bertz CT molecular complexity index is 641. The van der Waals surface area contributed by atoms with Gasteiger partial charge < -0.3 is 10.1 Å². The Balaban J connectivity index is 1.68. The second-order valence-electron chi connectivity index (χ2n) is 5.85. The van der Waals surface area contributed by atoms with Gasteiger partial charge in [-0.25, -0.2) is 8.42 Å². The molecule has 3 rings (SSSR count). The number of ether oxygens (including phenoxy) is 1. The maximum absolute atomic E-state index is 12.3. The van der Waals surface area contributed by atoms with Gasteiger partial charge in [-0.15, -0.1) is 0 Å². The summed E-state index contributed by atoms with van der Waals surface area (Å²) in [7, 11) is -3.29. The minimum absolute atomic E-state index is 0.114. The zero-order valence-corrected chi connectivity index (χ0v) is 13.1. The summed E-state index contributed by atoms with van der Waals surface area (Å²) in [6.45, 7) is 1.13. The van der Waals surface area contributed by atoms with Crippen molar-refractivity contribution < 1.29 is 17.9 Å². The molecule has 1 N–H and O–H groups in total. The van der Waals surface area contributed by atoms with E-state index in [1.165, 1.54) is 4.31 Å². The Kier molecular flexibility index (Phi) is 4.20. The van der Waals surface area contributed by atoms with Crippen LogP contribution in [0, 0.1) is 0 Å². The van der Waals surface area contributed by atoms with E-state index in [0.29, 0.717) is 26.2 Å². The quantitative estimate of drug-likeness (QED) is 0.873. The molecule has 7 heteroatoms. The first-order chi connectivity index (χ1) is 10.5. The van der Waals surface area contributed by atoms with Crippen molar-refractivity contribution in [3.8, 4) is 0 Å². The van der Waals surface area contributed by atoms with Crippen molar-refractivity contribution >= 4 is 15.9 Å². The number of amides is 1. The van der Waals surface area contributed by atoms with Crippen LogP contribution < -0.4 is 5.32 Å². The van der Waals surface area contributed by atoms with Crippen LogP contribution in [0.3, 0.4) is 0 Å². The number of nitrogens with zero attached hydrogens (tertiary/aromatic N) is 1. The van der Waals surface area contributed by atoms with Crippen LogP contribution in [-0.4, -0.2) is 50.7 Å². The molecule has 0 aliphatic carbocycles. The number of hydrogen-bond acceptors (Lipinski definition) is 4. The van der Waals surface area contributed by atoms with E-state index in [2.05, 4.69) is 5.32 Å². The Hall–Kier alpha value is -1.44. The molecule has 0 spiro atoms. The molecular formula is C15H20N2O4S. The lowest BCUT2D eigenvalue weighted by molar-refractivity contribution is -0.134. The maximum Gasteiger partial charge on any atom is 0.236 e. The van der Waals surface area contributed by atoms with Gasteiger partial charge in [0.1, 0.15) is 5.54 Å². The molecule has 2 fully saturated rings. The summed E-state index contributed by atoms with van der Waals surface area (Å²) in [5, 5.41) is 2.96.